The van der Waals surface area contributed by atoms with Crippen molar-refractivity contribution in [1.82, 2.24) is 5.32 Å². The normalized spacial score (nSPS) is 37.4. The van der Waals surface area contributed by atoms with Gasteiger partial charge in [-0.05, 0) is 25.3 Å². The minimum atomic E-state index is -2.21. The minimum absolute atomic E-state index is 0.461. The fourth-order valence-electron chi connectivity index (χ4n) is 1.94. The maximum atomic E-state index is 12.4. The van der Waals surface area contributed by atoms with Crippen molar-refractivity contribution in [2.45, 2.75) is 38.7 Å². The van der Waals surface area contributed by atoms with Crippen LogP contribution in [0.4, 0.5) is 8.78 Å². The van der Waals surface area contributed by atoms with E-state index in [1.807, 2.05) is 13.8 Å². The lowest BCUT2D eigenvalue weighted by molar-refractivity contribution is -0.0433. The third kappa shape index (κ3) is 1.53. The van der Waals surface area contributed by atoms with Gasteiger partial charge in [0.25, 0.3) is 6.43 Å². The van der Waals surface area contributed by atoms with Gasteiger partial charge in [0.1, 0.15) is 0 Å². The van der Waals surface area contributed by atoms with Gasteiger partial charge in [0.2, 0.25) is 0 Å². The highest BCUT2D eigenvalue weighted by Crippen LogP contribution is 2.41. The van der Waals surface area contributed by atoms with Crippen LogP contribution in [0.15, 0.2) is 0 Å². The Labute approximate surface area is 66.2 Å². The van der Waals surface area contributed by atoms with Crippen molar-refractivity contribution in [3.63, 3.8) is 0 Å². The summed E-state index contributed by atoms with van der Waals surface area (Å²) in [5.41, 5.74) is -0.839. The molecule has 0 spiro atoms. The number of hydrogen-bond acceptors (Lipinski definition) is 1. The Morgan fingerprint density at radius 1 is 1.55 bits per heavy atom. The summed E-state index contributed by atoms with van der Waals surface area (Å²) in [7, 11) is 0. The zero-order valence-corrected chi connectivity index (χ0v) is 7.03. The highest BCUT2D eigenvalue weighted by atomic mass is 19.3. The van der Waals surface area contributed by atoms with Gasteiger partial charge >= 0.3 is 0 Å². The molecule has 0 aliphatic heterocycles. The lowest BCUT2D eigenvalue weighted by Crippen LogP contribution is -2.59. The molecule has 1 rings (SSSR count). The van der Waals surface area contributed by atoms with Crippen molar-refractivity contribution in [1.29, 1.82) is 0 Å². The molecule has 0 heterocycles. The summed E-state index contributed by atoms with van der Waals surface area (Å²) in [4.78, 5) is 0. The van der Waals surface area contributed by atoms with Crippen molar-refractivity contribution in [3.8, 4) is 0 Å². The number of alkyl halides is 2. The standard InChI is InChI=1S/C8H15F2N/c1-3-11-8(7(9)10)4-6(2)5-8/h6-7,11H,3-5H2,1-2H3. The van der Waals surface area contributed by atoms with Gasteiger partial charge in [-0.25, -0.2) is 8.78 Å². The lowest BCUT2D eigenvalue weighted by Gasteiger charge is -2.46. The Hall–Kier alpha value is -0.180. The van der Waals surface area contributed by atoms with Gasteiger partial charge in [-0.1, -0.05) is 13.8 Å². The largest absolute Gasteiger partial charge is 0.307 e. The first kappa shape index (κ1) is 8.91. The highest BCUT2D eigenvalue weighted by molar-refractivity contribution is 5.01. The Morgan fingerprint density at radius 3 is 2.36 bits per heavy atom. The van der Waals surface area contributed by atoms with Crippen molar-refractivity contribution >= 4 is 0 Å². The lowest BCUT2D eigenvalue weighted by atomic mass is 9.69. The van der Waals surface area contributed by atoms with E-state index in [2.05, 4.69) is 5.32 Å². The molecule has 1 fully saturated rings. The van der Waals surface area contributed by atoms with E-state index < -0.39 is 12.0 Å². The summed E-state index contributed by atoms with van der Waals surface area (Å²) < 4.78 is 24.9. The molecule has 1 saturated carbocycles. The maximum Gasteiger partial charge on any atom is 0.256 e. The van der Waals surface area contributed by atoms with Crippen LogP contribution in [-0.4, -0.2) is 18.5 Å². The molecule has 0 saturated heterocycles. The molecule has 0 aromatic carbocycles. The Morgan fingerprint density at radius 2 is 2.09 bits per heavy atom. The number of hydrogen-bond donors (Lipinski definition) is 1. The predicted molar refractivity (Wildman–Crippen MR) is 40.8 cm³/mol. The van der Waals surface area contributed by atoms with Crippen LogP contribution in [0.1, 0.15) is 26.7 Å². The van der Waals surface area contributed by atoms with E-state index in [0.717, 1.165) is 0 Å². The molecule has 0 aromatic heterocycles. The van der Waals surface area contributed by atoms with Crippen LogP contribution in [0.5, 0.6) is 0 Å². The van der Waals surface area contributed by atoms with Gasteiger partial charge in [-0.15, -0.1) is 0 Å². The Bertz CT molecular complexity index is 125. The summed E-state index contributed by atoms with van der Waals surface area (Å²) in [6, 6.07) is 0. The third-order valence-corrected chi connectivity index (χ3v) is 2.37. The average molecular weight is 163 g/mol. The van der Waals surface area contributed by atoms with Gasteiger partial charge in [-0.2, -0.15) is 0 Å². The number of nitrogens with one attached hydrogen (secondary N) is 1. The quantitative estimate of drug-likeness (QED) is 0.671. The van der Waals surface area contributed by atoms with Crippen LogP contribution in [0, 0.1) is 5.92 Å². The van der Waals surface area contributed by atoms with E-state index in [0.29, 0.717) is 25.3 Å². The predicted octanol–water partition coefficient (Wildman–Crippen LogP) is 2.03. The van der Waals surface area contributed by atoms with Crippen LogP contribution < -0.4 is 5.32 Å². The number of rotatable bonds is 3. The molecular weight excluding hydrogens is 148 g/mol. The minimum Gasteiger partial charge on any atom is -0.307 e. The second kappa shape index (κ2) is 3.05. The first-order valence-electron chi connectivity index (χ1n) is 4.14. The van der Waals surface area contributed by atoms with E-state index >= 15 is 0 Å². The van der Waals surface area contributed by atoms with Gasteiger partial charge in [0.15, 0.2) is 0 Å². The van der Waals surface area contributed by atoms with Crippen LogP contribution in [-0.2, 0) is 0 Å². The molecule has 11 heavy (non-hydrogen) atoms. The van der Waals surface area contributed by atoms with E-state index in [-0.39, 0.29) is 0 Å². The fourth-order valence-corrected chi connectivity index (χ4v) is 1.94. The second-order valence-electron chi connectivity index (χ2n) is 3.50. The monoisotopic (exact) mass is 163 g/mol. The summed E-state index contributed by atoms with van der Waals surface area (Å²) >= 11 is 0. The van der Waals surface area contributed by atoms with Crippen LogP contribution >= 0.6 is 0 Å². The molecule has 3 heteroatoms. The number of halogens is 2. The van der Waals surface area contributed by atoms with Gasteiger partial charge in [0, 0.05) is 0 Å². The molecular formula is C8H15F2N. The SMILES string of the molecule is CCNC1(C(F)F)CC(C)C1. The second-order valence-corrected chi connectivity index (χ2v) is 3.50. The van der Waals surface area contributed by atoms with E-state index in [9.17, 15) is 8.78 Å². The maximum absolute atomic E-state index is 12.4. The van der Waals surface area contributed by atoms with Crippen LogP contribution in [0.2, 0.25) is 0 Å². The molecule has 0 aromatic rings. The first-order chi connectivity index (χ1) is 5.10. The fraction of sp³-hybridized carbons (Fsp3) is 1.00. The molecule has 1 aliphatic rings. The zero-order chi connectivity index (χ0) is 8.48. The Balaban J connectivity index is 2.46. The molecule has 0 atom stereocenters. The molecule has 1 N–H and O–H groups in total. The molecule has 1 aliphatic carbocycles. The van der Waals surface area contributed by atoms with Crippen molar-refractivity contribution in [3.05, 3.63) is 0 Å². The summed E-state index contributed by atoms with van der Waals surface area (Å²) in [5.74, 6) is 0.461. The summed E-state index contributed by atoms with van der Waals surface area (Å²) in [5, 5.41) is 2.88. The van der Waals surface area contributed by atoms with E-state index in [1.54, 1.807) is 0 Å². The smallest absolute Gasteiger partial charge is 0.256 e. The topological polar surface area (TPSA) is 12.0 Å². The Kier molecular flexibility index (Phi) is 2.47. The first-order valence-corrected chi connectivity index (χ1v) is 4.14. The zero-order valence-electron chi connectivity index (χ0n) is 7.03. The molecule has 1 nitrogen and oxygen atoms in total. The van der Waals surface area contributed by atoms with Gasteiger partial charge < -0.3 is 5.32 Å². The summed E-state index contributed by atoms with van der Waals surface area (Å²) in [6.45, 7) is 4.52. The van der Waals surface area contributed by atoms with Crippen LogP contribution in [0.25, 0.3) is 0 Å². The molecule has 0 amide bonds. The molecule has 0 bridgehead atoms. The van der Waals surface area contributed by atoms with Crippen LogP contribution in [0.3, 0.4) is 0 Å². The van der Waals surface area contributed by atoms with Crippen molar-refractivity contribution in [2.75, 3.05) is 6.54 Å². The van der Waals surface area contributed by atoms with Gasteiger partial charge in [-0.3, -0.25) is 0 Å². The van der Waals surface area contributed by atoms with Gasteiger partial charge in [0.05, 0.1) is 5.54 Å². The molecule has 66 valence electrons. The van der Waals surface area contributed by atoms with E-state index in [4.69, 9.17) is 0 Å². The summed E-state index contributed by atoms with van der Waals surface area (Å²) in [6.07, 6.45) is -0.963. The van der Waals surface area contributed by atoms with Crippen molar-refractivity contribution < 1.29 is 8.78 Å². The molecule has 0 radical (unpaired) electrons. The van der Waals surface area contributed by atoms with Crippen molar-refractivity contribution in [2.24, 2.45) is 5.92 Å². The third-order valence-electron chi connectivity index (χ3n) is 2.37. The van der Waals surface area contributed by atoms with E-state index in [1.165, 1.54) is 0 Å². The highest BCUT2D eigenvalue weighted by Gasteiger charge is 2.48. The molecule has 0 unspecified atom stereocenters. The average Bonchev–Trinajstić information content (AvgIpc) is 1.84.